The topological polar surface area (TPSA) is 36.4 Å². The first-order chi connectivity index (χ1) is 10.9. The van der Waals surface area contributed by atoms with Gasteiger partial charge in [-0.3, -0.25) is 9.88 Å². The van der Waals surface area contributed by atoms with Crippen molar-refractivity contribution in [3.63, 3.8) is 0 Å². The Morgan fingerprint density at radius 2 is 2.09 bits per heavy atom. The predicted molar refractivity (Wildman–Crippen MR) is 80.6 cm³/mol. The first kappa shape index (κ1) is 16.7. The number of rotatable bonds is 5. The van der Waals surface area contributed by atoms with Crippen molar-refractivity contribution in [2.45, 2.75) is 44.8 Å². The van der Waals surface area contributed by atoms with Crippen LogP contribution >= 0.6 is 0 Å². The Hall–Kier alpha value is -1.14. The molecule has 1 saturated heterocycles. The molecule has 1 atom stereocenters. The van der Waals surface area contributed by atoms with Gasteiger partial charge in [-0.05, 0) is 43.4 Å². The van der Waals surface area contributed by atoms with E-state index in [1.807, 2.05) is 0 Å². The van der Waals surface area contributed by atoms with Gasteiger partial charge in [-0.2, -0.15) is 13.2 Å². The van der Waals surface area contributed by atoms with E-state index in [0.717, 1.165) is 49.9 Å². The third-order valence-corrected chi connectivity index (χ3v) is 5.02. The first-order valence-corrected chi connectivity index (χ1v) is 8.26. The van der Waals surface area contributed by atoms with Crippen molar-refractivity contribution in [1.82, 2.24) is 9.88 Å². The molecule has 1 saturated carbocycles. The molecule has 2 aliphatic rings. The molecule has 128 valence electrons. The lowest BCUT2D eigenvalue weighted by Crippen LogP contribution is -2.45. The van der Waals surface area contributed by atoms with Gasteiger partial charge >= 0.3 is 6.18 Å². The number of halogens is 3. The van der Waals surface area contributed by atoms with E-state index in [-0.39, 0.29) is 12.0 Å². The smallest absolute Gasteiger partial charge is 0.396 e. The lowest BCUT2D eigenvalue weighted by Gasteiger charge is -2.42. The summed E-state index contributed by atoms with van der Waals surface area (Å²) >= 11 is 0. The van der Waals surface area contributed by atoms with Gasteiger partial charge in [0.05, 0.1) is 0 Å². The fourth-order valence-electron chi connectivity index (χ4n) is 3.68. The van der Waals surface area contributed by atoms with E-state index in [1.165, 1.54) is 25.1 Å². The quantitative estimate of drug-likeness (QED) is 0.899. The summed E-state index contributed by atoms with van der Waals surface area (Å²) in [7, 11) is 0. The Morgan fingerprint density at radius 3 is 2.65 bits per heavy atom. The zero-order valence-corrected chi connectivity index (χ0v) is 13.1. The van der Waals surface area contributed by atoms with E-state index in [9.17, 15) is 18.3 Å². The summed E-state index contributed by atoms with van der Waals surface area (Å²) in [4.78, 5) is 5.77. The summed E-state index contributed by atoms with van der Waals surface area (Å²) in [5, 5.41) is 9.86. The Kier molecular flexibility index (Phi) is 4.65. The molecular weight excluding hydrogens is 305 g/mol. The minimum absolute atomic E-state index is 0.0290. The third kappa shape index (κ3) is 4.23. The maximum Gasteiger partial charge on any atom is 0.433 e. The second-order valence-electron chi connectivity index (χ2n) is 7.17. The standard InChI is InChI=1S/C17H23F3N2O/c18-17(19,20)15-5-4-14(9-21-15)10-22-7-1-6-16(11-22,12-23)8-13-2-3-13/h4-5,9,13,23H,1-3,6-8,10-12H2/t16-/m0/s1. The third-order valence-electron chi connectivity index (χ3n) is 5.02. The highest BCUT2D eigenvalue weighted by atomic mass is 19.4. The molecular formula is C17H23F3N2O. The number of alkyl halides is 3. The summed E-state index contributed by atoms with van der Waals surface area (Å²) in [6, 6.07) is 2.55. The highest BCUT2D eigenvalue weighted by Crippen LogP contribution is 2.44. The van der Waals surface area contributed by atoms with Gasteiger partial charge in [0.25, 0.3) is 0 Å². The molecule has 3 rings (SSSR count). The van der Waals surface area contributed by atoms with Crippen LogP contribution in [0, 0.1) is 11.3 Å². The van der Waals surface area contributed by atoms with Crippen LogP contribution in [0.4, 0.5) is 13.2 Å². The molecule has 2 heterocycles. The van der Waals surface area contributed by atoms with Gasteiger partial charge in [-0.25, -0.2) is 0 Å². The molecule has 1 aliphatic carbocycles. The maximum absolute atomic E-state index is 12.6. The monoisotopic (exact) mass is 328 g/mol. The summed E-state index contributed by atoms with van der Waals surface area (Å²) in [5.74, 6) is 0.759. The highest BCUT2D eigenvalue weighted by molar-refractivity contribution is 5.16. The van der Waals surface area contributed by atoms with Crippen LogP contribution in [-0.2, 0) is 12.7 Å². The molecule has 0 spiro atoms. The van der Waals surface area contributed by atoms with Gasteiger partial charge in [0, 0.05) is 31.3 Å². The molecule has 0 unspecified atom stereocenters. The van der Waals surface area contributed by atoms with Gasteiger partial charge in [0.15, 0.2) is 0 Å². The van der Waals surface area contributed by atoms with Crippen molar-refractivity contribution >= 4 is 0 Å². The minimum atomic E-state index is -4.39. The van der Waals surface area contributed by atoms with E-state index >= 15 is 0 Å². The lowest BCUT2D eigenvalue weighted by atomic mass is 9.76. The summed E-state index contributed by atoms with van der Waals surface area (Å²) in [6.45, 7) is 2.54. The SMILES string of the molecule is OC[C@]1(CC2CC2)CCCN(Cc2ccc(C(F)(F)F)nc2)C1. The summed E-state index contributed by atoms with van der Waals surface area (Å²) < 4.78 is 37.7. The molecule has 0 bridgehead atoms. The van der Waals surface area contributed by atoms with Gasteiger partial charge < -0.3 is 5.11 Å². The molecule has 0 radical (unpaired) electrons. The second kappa shape index (κ2) is 6.40. The Labute approximate surface area is 134 Å². The van der Waals surface area contributed by atoms with E-state index in [4.69, 9.17) is 0 Å². The van der Waals surface area contributed by atoms with Crippen molar-refractivity contribution in [2.24, 2.45) is 11.3 Å². The van der Waals surface area contributed by atoms with Crippen LogP contribution in [0.2, 0.25) is 0 Å². The summed E-state index contributed by atoms with van der Waals surface area (Å²) in [6.07, 6.45) is 2.61. The molecule has 0 aromatic carbocycles. The zero-order chi connectivity index (χ0) is 16.5. The van der Waals surface area contributed by atoms with Crippen molar-refractivity contribution < 1.29 is 18.3 Å². The number of aliphatic hydroxyl groups excluding tert-OH is 1. The number of nitrogens with zero attached hydrogens (tertiary/aromatic N) is 2. The largest absolute Gasteiger partial charge is 0.433 e. The first-order valence-electron chi connectivity index (χ1n) is 8.26. The van der Waals surface area contributed by atoms with Crippen LogP contribution < -0.4 is 0 Å². The highest BCUT2D eigenvalue weighted by Gasteiger charge is 2.39. The molecule has 2 fully saturated rings. The summed E-state index contributed by atoms with van der Waals surface area (Å²) in [5.41, 5.74) is -0.0878. The Balaban J connectivity index is 1.62. The van der Waals surface area contributed by atoms with Gasteiger partial charge in [-0.1, -0.05) is 18.9 Å². The molecule has 3 nitrogen and oxygen atoms in total. The van der Waals surface area contributed by atoms with E-state index in [0.29, 0.717) is 6.54 Å². The molecule has 1 aromatic rings. The molecule has 0 amide bonds. The lowest BCUT2D eigenvalue weighted by molar-refractivity contribution is -0.141. The fourth-order valence-corrected chi connectivity index (χ4v) is 3.68. The molecule has 6 heteroatoms. The molecule has 23 heavy (non-hydrogen) atoms. The van der Waals surface area contributed by atoms with Crippen molar-refractivity contribution in [3.05, 3.63) is 29.6 Å². The molecule has 1 N–H and O–H groups in total. The minimum Gasteiger partial charge on any atom is -0.396 e. The Morgan fingerprint density at radius 1 is 1.30 bits per heavy atom. The van der Waals surface area contributed by atoms with Gasteiger partial charge in [-0.15, -0.1) is 0 Å². The number of piperidine rings is 1. The van der Waals surface area contributed by atoms with Crippen LogP contribution in [0.25, 0.3) is 0 Å². The molecule has 1 aromatic heterocycles. The fraction of sp³-hybridized carbons (Fsp3) is 0.706. The van der Waals surface area contributed by atoms with Gasteiger partial charge in [0.1, 0.15) is 5.69 Å². The van der Waals surface area contributed by atoms with Crippen LogP contribution in [0.15, 0.2) is 18.3 Å². The van der Waals surface area contributed by atoms with Gasteiger partial charge in [0.2, 0.25) is 0 Å². The van der Waals surface area contributed by atoms with E-state index in [2.05, 4.69) is 9.88 Å². The predicted octanol–water partition coefficient (Wildman–Crippen LogP) is 3.48. The van der Waals surface area contributed by atoms with Crippen molar-refractivity contribution in [3.8, 4) is 0 Å². The average molecular weight is 328 g/mol. The van der Waals surface area contributed by atoms with Crippen LogP contribution in [0.1, 0.15) is 43.4 Å². The normalized spacial score (nSPS) is 26.4. The van der Waals surface area contributed by atoms with Crippen LogP contribution in [0.3, 0.4) is 0 Å². The maximum atomic E-state index is 12.6. The van der Waals surface area contributed by atoms with Crippen molar-refractivity contribution in [2.75, 3.05) is 19.7 Å². The zero-order valence-electron chi connectivity index (χ0n) is 13.1. The number of aliphatic hydroxyl groups is 1. The number of likely N-dealkylation sites (tertiary alicyclic amines) is 1. The number of pyridine rings is 1. The van der Waals surface area contributed by atoms with Crippen LogP contribution in [-0.4, -0.2) is 34.7 Å². The van der Waals surface area contributed by atoms with Crippen LogP contribution in [0.5, 0.6) is 0 Å². The second-order valence-corrected chi connectivity index (χ2v) is 7.17. The van der Waals surface area contributed by atoms with Crippen molar-refractivity contribution in [1.29, 1.82) is 0 Å². The number of hydrogen-bond acceptors (Lipinski definition) is 3. The number of hydrogen-bond donors (Lipinski definition) is 1. The molecule has 1 aliphatic heterocycles. The Bertz CT molecular complexity index is 528. The number of aromatic nitrogens is 1. The average Bonchev–Trinajstić information content (AvgIpc) is 3.31. The van der Waals surface area contributed by atoms with E-state index in [1.54, 1.807) is 0 Å². The van der Waals surface area contributed by atoms with E-state index < -0.39 is 11.9 Å².